The molecular formula is C14H24O. The van der Waals surface area contributed by atoms with Gasteiger partial charge in [0, 0.05) is 11.3 Å². The summed E-state index contributed by atoms with van der Waals surface area (Å²) in [6.45, 7) is 9.07. The molecule has 15 heavy (non-hydrogen) atoms. The first-order chi connectivity index (χ1) is 6.88. The van der Waals surface area contributed by atoms with Crippen LogP contribution in [0, 0.1) is 22.7 Å². The number of rotatable bonds is 0. The summed E-state index contributed by atoms with van der Waals surface area (Å²) in [6, 6.07) is 0. The summed E-state index contributed by atoms with van der Waals surface area (Å²) < 4.78 is 0. The lowest BCUT2D eigenvalue weighted by molar-refractivity contribution is -0.148. The number of ketones is 1. The molecule has 0 aliphatic heterocycles. The molecule has 86 valence electrons. The largest absolute Gasteiger partial charge is 0.299 e. The van der Waals surface area contributed by atoms with Crippen molar-refractivity contribution in [2.24, 2.45) is 22.7 Å². The van der Waals surface area contributed by atoms with Gasteiger partial charge in [0.15, 0.2) is 0 Å². The Morgan fingerprint density at radius 3 is 2.47 bits per heavy atom. The number of carbonyl (C=O) groups excluding carboxylic acids is 1. The van der Waals surface area contributed by atoms with Crippen LogP contribution in [0.25, 0.3) is 0 Å². The van der Waals surface area contributed by atoms with Gasteiger partial charge in [-0.25, -0.2) is 0 Å². The van der Waals surface area contributed by atoms with E-state index in [-0.39, 0.29) is 5.41 Å². The third kappa shape index (κ3) is 1.55. The molecule has 2 aliphatic rings. The topological polar surface area (TPSA) is 17.1 Å². The highest BCUT2D eigenvalue weighted by Gasteiger charge is 2.53. The molecule has 2 rings (SSSR count). The molecule has 0 spiro atoms. The molecule has 0 heterocycles. The van der Waals surface area contributed by atoms with Crippen LogP contribution in [0.2, 0.25) is 0 Å². The van der Waals surface area contributed by atoms with Crippen molar-refractivity contribution in [2.45, 2.75) is 59.8 Å². The molecule has 1 nitrogen and oxygen atoms in total. The Hall–Kier alpha value is -0.330. The summed E-state index contributed by atoms with van der Waals surface area (Å²) in [5.41, 5.74) is 0.377. The summed E-state index contributed by atoms with van der Waals surface area (Å²) in [5, 5.41) is 0. The van der Waals surface area contributed by atoms with Crippen molar-refractivity contribution in [2.75, 3.05) is 0 Å². The van der Waals surface area contributed by atoms with Gasteiger partial charge in [0.1, 0.15) is 5.78 Å². The zero-order chi connectivity index (χ0) is 11.3. The highest BCUT2D eigenvalue weighted by atomic mass is 16.1. The Kier molecular flexibility index (Phi) is 2.48. The first kappa shape index (κ1) is 11.2. The van der Waals surface area contributed by atoms with Gasteiger partial charge in [-0.15, -0.1) is 0 Å². The van der Waals surface area contributed by atoms with E-state index in [1.807, 2.05) is 0 Å². The van der Waals surface area contributed by atoms with Gasteiger partial charge < -0.3 is 0 Å². The van der Waals surface area contributed by atoms with E-state index in [0.717, 1.165) is 12.8 Å². The van der Waals surface area contributed by atoms with Crippen molar-refractivity contribution in [3.8, 4) is 0 Å². The average Bonchev–Trinajstić information content (AvgIpc) is 2.12. The number of hydrogen-bond acceptors (Lipinski definition) is 1. The van der Waals surface area contributed by atoms with Crippen molar-refractivity contribution in [1.29, 1.82) is 0 Å². The van der Waals surface area contributed by atoms with Gasteiger partial charge in [-0.05, 0) is 37.0 Å². The summed E-state index contributed by atoms with van der Waals surface area (Å²) in [7, 11) is 0. The molecule has 2 unspecified atom stereocenters. The minimum absolute atomic E-state index is 0.000579. The molecule has 0 amide bonds. The molecule has 2 saturated carbocycles. The highest BCUT2D eigenvalue weighted by molar-refractivity contribution is 5.87. The fraction of sp³-hybridized carbons (Fsp3) is 0.929. The maximum Gasteiger partial charge on any atom is 0.141 e. The summed E-state index contributed by atoms with van der Waals surface area (Å²) >= 11 is 0. The third-order valence-corrected chi connectivity index (χ3v) is 5.13. The van der Waals surface area contributed by atoms with Crippen LogP contribution in [0.3, 0.4) is 0 Å². The maximum absolute atomic E-state index is 12.4. The van der Waals surface area contributed by atoms with E-state index in [4.69, 9.17) is 0 Å². The predicted molar refractivity (Wildman–Crippen MR) is 62.6 cm³/mol. The quantitative estimate of drug-likeness (QED) is 0.591. The first-order valence-corrected chi connectivity index (χ1v) is 6.42. The molecule has 2 fully saturated rings. The fourth-order valence-corrected chi connectivity index (χ4v) is 4.24. The second-order valence-electron chi connectivity index (χ2n) is 6.65. The minimum Gasteiger partial charge on any atom is -0.299 e. The lowest BCUT2D eigenvalue weighted by Crippen LogP contribution is -2.51. The highest BCUT2D eigenvalue weighted by Crippen LogP contribution is 2.56. The zero-order valence-corrected chi connectivity index (χ0v) is 10.6. The smallest absolute Gasteiger partial charge is 0.141 e. The third-order valence-electron chi connectivity index (χ3n) is 5.13. The first-order valence-electron chi connectivity index (χ1n) is 6.42. The van der Waals surface area contributed by atoms with Gasteiger partial charge in [-0.3, -0.25) is 4.79 Å². The minimum atomic E-state index is -0.000579. The van der Waals surface area contributed by atoms with Crippen LogP contribution in [0.5, 0.6) is 0 Å². The van der Waals surface area contributed by atoms with Crippen LogP contribution < -0.4 is 0 Å². The Balaban J connectivity index is 2.34. The van der Waals surface area contributed by atoms with Gasteiger partial charge in [-0.1, -0.05) is 34.1 Å². The monoisotopic (exact) mass is 208 g/mol. The van der Waals surface area contributed by atoms with Crippen LogP contribution in [-0.2, 0) is 4.79 Å². The number of Topliss-reactive ketones (excluding diaryl/α,β-unsaturated/α-hetero) is 1. The molecule has 0 aromatic heterocycles. The summed E-state index contributed by atoms with van der Waals surface area (Å²) in [6.07, 6.45) is 6.04. The molecule has 0 N–H and O–H groups in total. The van der Waals surface area contributed by atoms with E-state index < -0.39 is 0 Å². The van der Waals surface area contributed by atoms with Crippen molar-refractivity contribution in [1.82, 2.24) is 0 Å². The Morgan fingerprint density at radius 2 is 1.80 bits per heavy atom. The number of carbonyl (C=O) groups is 1. The summed E-state index contributed by atoms with van der Waals surface area (Å²) in [4.78, 5) is 12.4. The Labute approximate surface area is 93.6 Å². The Morgan fingerprint density at radius 1 is 1.13 bits per heavy atom. The van der Waals surface area contributed by atoms with Crippen molar-refractivity contribution in [3.63, 3.8) is 0 Å². The fourth-order valence-electron chi connectivity index (χ4n) is 4.24. The van der Waals surface area contributed by atoms with E-state index in [1.54, 1.807) is 0 Å². The van der Waals surface area contributed by atoms with Gasteiger partial charge in [0.25, 0.3) is 0 Å². The van der Waals surface area contributed by atoms with E-state index in [0.29, 0.717) is 23.0 Å². The van der Waals surface area contributed by atoms with Crippen molar-refractivity contribution in [3.05, 3.63) is 0 Å². The van der Waals surface area contributed by atoms with Crippen LogP contribution >= 0.6 is 0 Å². The predicted octanol–water partition coefficient (Wildman–Crippen LogP) is 3.82. The lowest BCUT2D eigenvalue weighted by Gasteiger charge is -2.53. The van der Waals surface area contributed by atoms with Gasteiger partial charge in [-0.2, -0.15) is 0 Å². The SMILES string of the molecule is CC1CCC2C(C)(C)CCC[C@]2(C)C1=O. The van der Waals surface area contributed by atoms with Gasteiger partial charge >= 0.3 is 0 Å². The lowest BCUT2D eigenvalue weighted by atomic mass is 9.50. The average molecular weight is 208 g/mol. The standard InChI is InChI=1S/C14H24O/c1-10-6-7-11-13(2,3)8-5-9-14(11,4)12(10)15/h10-11H,5-9H2,1-4H3/t10?,11?,14-/m0/s1. The molecule has 0 aromatic rings. The van der Waals surface area contributed by atoms with Gasteiger partial charge in [0.2, 0.25) is 0 Å². The molecule has 2 aliphatic carbocycles. The van der Waals surface area contributed by atoms with E-state index in [1.165, 1.54) is 19.3 Å². The second-order valence-corrected chi connectivity index (χ2v) is 6.65. The Bertz CT molecular complexity index is 279. The normalized spacial score (nSPS) is 44.9. The number of hydrogen-bond donors (Lipinski definition) is 0. The van der Waals surface area contributed by atoms with Crippen molar-refractivity contribution >= 4 is 5.78 Å². The van der Waals surface area contributed by atoms with Crippen LogP contribution in [0.15, 0.2) is 0 Å². The maximum atomic E-state index is 12.4. The second kappa shape index (κ2) is 3.33. The van der Waals surface area contributed by atoms with Crippen LogP contribution in [-0.4, -0.2) is 5.78 Å². The van der Waals surface area contributed by atoms with E-state index in [9.17, 15) is 4.79 Å². The van der Waals surface area contributed by atoms with E-state index >= 15 is 0 Å². The van der Waals surface area contributed by atoms with E-state index in [2.05, 4.69) is 27.7 Å². The zero-order valence-electron chi connectivity index (χ0n) is 10.6. The molecule has 0 bridgehead atoms. The molecule has 0 radical (unpaired) electrons. The molecular weight excluding hydrogens is 184 g/mol. The van der Waals surface area contributed by atoms with Crippen LogP contribution in [0.1, 0.15) is 59.8 Å². The van der Waals surface area contributed by atoms with Crippen molar-refractivity contribution < 1.29 is 4.79 Å². The number of fused-ring (bicyclic) bond motifs is 1. The molecule has 3 atom stereocenters. The molecule has 0 aromatic carbocycles. The summed E-state index contributed by atoms with van der Waals surface area (Å²) in [5.74, 6) is 1.48. The molecule has 1 heteroatoms. The van der Waals surface area contributed by atoms with Gasteiger partial charge in [0.05, 0.1) is 0 Å². The van der Waals surface area contributed by atoms with Crippen LogP contribution in [0.4, 0.5) is 0 Å². The molecule has 0 saturated heterocycles.